The van der Waals surface area contributed by atoms with Gasteiger partial charge in [-0.15, -0.1) is 0 Å². The number of hydrogen-bond acceptors (Lipinski definition) is 0. The first kappa shape index (κ1) is 24.0. The lowest BCUT2D eigenvalue weighted by Gasteiger charge is -2.11. The van der Waals surface area contributed by atoms with Crippen LogP contribution in [0.1, 0.15) is 0 Å². The molecule has 0 N–H and O–H groups in total. The zero-order valence-corrected chi connectivity index (χ0v) is 23.5. The van der Waals surface area contributed by atoms with Crippen molar-refractivity contribution >= 4 is 54.1 Å². The van der Waals surface area contributed by atoms with Gasteiger partial charge < -0.3 is 4.57 Å². The number of fused-ring (bicyclic) bond motifs is 7. The second-order valence-corrected chi connectivity index (χ2v) is 11.4. The highest BCUT2D eigenvalue weighted by Crippen LogP contribution is 2.38. The number of benzene rings is 8. The summed E-state index contributed by atoms with van der Waals surface area (Å²) in [5, 5.41) is 10.2. The van der Waals surface area contributed by atoms with Crippen LogP contribution in [0.5, 0.6) is 0 Å². The Balaban J connectivity index is 1.16. The van der Waals surface area contributed by atoms with Crippen LogP contribution < -0.4 is 0 Å². The van der Waals surface area contributed by atoms with Gasteiger partial charge in [0, 0.05) is 16.5 Å². The first-order chi connectivity index (χ1) is 21.3. The van der Waals surface area contributed by atoms with E-state index < -0.39 is 0 Å². The molecule has 0 unspecified atom stereocenters. The summed E-state index contributed by atoms with van der Waals surface area (Å²) in [5.74, 6) is 0. The van der Waals surface area contributed by atoms with E-state index >= 15 is 0 Å². The summed E-state index contributed by atoms with van der Waals surface area (Å²) in [7, 11) is 0. The summed E-state index contributed by atoms with van der Waals surface area (Å²) in [6, 6.07) is 59.8. The van der Waals surface area contributed by atoms with Gasteiger partial charge in [-0.05, 0) is 97.0 Å². The number of hydrogen-bond donors (Lipinski definition) is 0. The lowest BCUT2D eigenvalue weighted by atomic mass is 9.94. The zero-order chi connectivity index (χ0) is 28.3. The molecule has 0 aliphatic heterocycles. The van der Waals surface area contributed by atoms with Crippen LogP contribution in [0.3, 0.4) is 0 Å². The molecule has 9 rings (SSSR count). The molecule has 0 aliphatic carbocycles. The Labute approximate surface area is 249 Å². The summed E-state index contributed by atoms with van der Waals surface area (Å²) in [5.41, 5.74) is 8.65. The van der Waals surface area contributed by atoms with E-state index in [0.29, 0.717) is 0 Å². The predicted molar refractivity (Wildman–Crippen MR) is 184 cm³/mol. The van der Waals surface area contributed by atoms with Gasteiger partial charge >= 0.3 is 0 Å². The average Bonchev–Trinajstić information content (AvgIpc) is 3.42. The van der Waals surface area contributed by atoms with Crippen LogP contribution in [0.15, 0.2) is 164 Å². The lowest BCUT2D eigenvalue weighted by molar-refractivity contribution is 1.18. The molecule has 0 aliphatic rings. The Morgan fingerprint density at radius 3 is 1.81 bits per heavy atom. The molecule has 1 aromatic heterocycles. The van der Waals surface area contributed by atoms with Crippen molar-refractivity contribution in [2.75, 3.05) is 0 Å². The van der Waals surface area contributed by atoms with Gasteiger partial charge in [0.25, 0.3) is 0 Å². The molecule has 0 spiro atoms. The maximum Gasteiger partial charge on any atom is 0.0547 e. The van der Waals surface area contributed by atoms with E-state index in [1.807, 2.05) is 0 Å². The minimum atomic E-state index is 1.18. The summed E-state index contributed by atoms with van der Waals surface area (Å²) < 4.78 is 2.38. The van der Waals surface area contributed by atoms with E-state index in [0.717, 1.165) is 0 Å². The van der Waals surface area contributed by atoms with Crippen LogP contribution in [0.4, 0.5) is 0 Å². The lowest BCUT2D eigenvalue weighted by Crippen LogP contribution is -1.92. The molecular weight excluding hydrogens is 518 g/mol. The van der Waals surface area contributed by atoms with Crippen molar-refractivity contribution in [1.29, 1.82) is 0 Å². The molecule has 0 saturated heterocycles. The van der Waals surface area contributed by atoms with Crippen LogP contribution in [-0.2, 0) is 0 Å². The van der Waals surface area contributed by atoms with Crippen molar-refractivity contribution in [3.8, 4) is 27.9 Å². The van der Waals surface area contributed by atoms with Crippen molar-refractivity contribution in [1.82, 2.24) is 4.57 Å². The third-order valence-corrected chi connectivity index (χ3v) is 8.94. The van der Waals surface area contributed by atoms with Gasteiger partial charge in [0.2, 0.25) is 0 Å². The minimum absolute atomic E-state index is 1.18. The molecule has 9 aromatic rings. The van der Waals surface area contributed by atoms with Crippen LogP contribution in [-0.4, -0.2) is 4.57 Å². The van der Waals surface area contributed by atoms with Crippen molar-refractivity contribution in [3.63, 3.8) is 0 Å². The van der Waals surface area contributed by atoms with E-state index in [-0.39, 0.29) is 0 Å². The fourth-order valence-electron chi connectivity index (χ4n) is 6.90. The standard InChI is InChI=1S/C42H27N/c1-2-11-35(12-3-1)43-40-16-7-6-14-39(40)42-38-23-21-32(27-34(38)22-24-41(42)43)29-17-18-31-26-33(20-19-30(31)25-29)37-15-8-10-28-9-4-5-13-36(28)37/h1-27H. The molecule has 1 heteroatoms. The molecule has 0 bridgehead atoms. The molecule has 8 aromatic carbocycles. The van der Waals surface area contributed by atoms with Gasteiger partial charge in [-0.2, -0.15) is 0 Å². The van der Waals surface area contributed by atoms with Crippen LogP contribution >= 0.6 is 0 Å². The molecular formula is C42H27N. The summed E-state index contributed by atoms with van der Waals surface area (Å²) >= 11 is 0. The number of aromatic nitrogens is 1. The molecule has 0 atom stereocenters. The number of nitrogens with zero attached hydrogens (tertiary/aromatic N) is 1. The fourth-order valence-corrected chi connectivity index (χ4v) is 6.90. The van der Waals surface area contributed by atoms with E-state index in [1.54, 1.807) is 0 Å². The maximum atomic E-state index is 2.38. The Kier molecular flexibility index (Phi) is 5.27. The molecule has 0 amide bonds. The molecule has 200 valence electrons. The van der Waals surface area contributed by atoms with Crippen molar-refractivity contribution < 1.29 is 0 Å². The third-order valence-electron chi connectivity index (χ3n) is 8.94. The minimum Gasteiger partial charge on any atom is -0.309 e. The van der Waals surface area contributed by atoms with Gasteiger partial charge in [-0.1, -0.05) is 121 Å². The average molecular weight is 546 g/mol. The monoisotopic (exact) mass is 545 g/mol. The first-order valence-corrected chi connectivity index (χ1v) is 14.9. The van der Waals surface area contributed by atoms with Crippen LogP contribution in [0.25, 0.3) is 82.1 Å². The topological polar surface area (TPSA) is 4.93 Å². The van der Waals surface area contributed by atoms with E-state index in [2.05, 4.69) is 168 Å². The Bertz CT molecular complexity index is 2490. The summed E-state index contributed by atoms with van der Waals surface area (Å²) in [4.78, 5) is 0. The van der Waals surface area contributed by atoms with Crippen molar-refractivity contribution in [2.45, 2.75) is 0 Å². The maximum absolute atomic E-state index is 2.38. The molecule has 43 heavy (non-hydrogen) atoms. The third kappa shape index (κ3) is 3.79. The summed E-state index contributed by atoms with van der Waals surface area (Å²) in [6.07, 6.45) is 0. The van der Waals surface area contributed by atoms with E-state index in [4.69, 9.17) is 0 Å². The molecule has 1 heterocycles. The smallest absolute Gasteiger partial charge is 0.0547 e. The second kappa shape index (κ2) is 9.44. The van der Waals surface area contributed by atoms with Crippen molar-refractivity contribution in [2.24, 2.45) is 0 Å². The highest BCUT2D eigenvalue weighted by Gasteiger charge is 2.15. The highest BCUT2D eigenvalue weighted by molar-refractivity contribution is 6.21. The van der Waals surface area contributed by atoms with E-state index in [1.165, 1.54) is 82.1 Å². The fraction of sp³-hybridized carbons (Fsp3) is 0. The normalized spacial score (nSPS) is 11.7. The quantitative estimate of drug-likeness (QED) is 0.208. The molecule has 0 radical (unpaired) electrons. The summed E-state index contributed by atoms with van der Waals surface area (Å²) in [6.45, 7) is 0. The van der Waals surface area contributed by atoms with Gasteiger partial charge in [-0.3, -0.25) is 0 Å². The van der Waals surface area contributed by atoms with Gasteiger partial charge in [0.05, 0.1) is 11.0 Å². The number of para-hydroxylation sites is 2. The van der Waals surface area contributed by atoms with Gasteiger partial charge in [0.1, 0.15) is 0 Å². The predicted octanol–water partition coefficient (Wildman–Crippen LogP) is 11.6. The van der Waals surface area contributed by atoms with Crippen LogP contribution in [0, 0.1) is 0 Å². The van der Waals surface area contributed by atoms with Gasteiger partial charge in [0.15, 0.2) is 0 Å². The Morgan fingerprint density at radius 1 is 0.326 bits per heavy atom. The van der Waals surface area contributed by atoms with E-state index in [9.17, 15) is 0 Å². The zero-order valence-electron chi connectivity index (χ0n) is 23.5. The molecule has 1 nitrogen and oxygen atoms in total. The Morgan fingerprint density at radius 2 is 0.953 bits per heavy atom. The first-order valence-electron chi connectivity index (χ1n) is 14.9. The highest BCUT2D eigenvalue weighted by atomic mass is 15.0. The molecule has 0 saturated carbocycles. The van der Waals surface area contributed by atoms with Gasteiger partial charge in [-0.25, -0.2) is 0 Å². The SMILES string of the molecule is c1ccc(-n2c3ccccc3c3c4ccc(-c5ccc6cc(-c7cccc8ccccc78)ccc6c5)cc4ccc32)cc1. The largest absolute Gasteiger partial charge is 0.309 e. The molecule has 0 fully saturated rings. The Hall–Kier alpha value is -5.66. The number of rotatable bonds is 3. The van der Waals surface area contributed by atoms with Crippen LogP contribution in [0.2, 0.25) is 0 Å². The van der Waals surface area contributed by atoms with Crippen molar-refractivity contribution in [3.05, 3.63) is 164 Å². The second-order valence-electron chi connectivity index (χ2n) is 11.4.